The Morgan fingerprint density at radius 1 is 0.971 bits per heavy atom. The van der Waals surface area contributed by atoms with E-state index in [-0.39, 0.29) is 48.2 Å². The first-order valence-electron chi connectivity index (χ1n) is 10.5. The van der Waals surface area contributed by atoms with Crippen molar-refractivity contribution in [3.8, 4) is 0 Å². The van der Waals surface area contributed by atoms with Gasteiger partial charge in [-0.05, 0) is 49.9 Å². The van der Waals surface area contributed by atoms with Crippen molar-refractivity contribution in [1.29, 1.82) is 0 Å². The number of hydrogen-bond acceptors (Lipinski definition) is 5. The number of hydrogen-bond donors (Lipinski definition) is 2. The van der Waals surface area contributed by atoms with Crippen LogP contribution in [0, 0.1) is 0 Å². The van der Waals surface area contributed by atoms with Crippen LogP contribution >= 0.6 is 0 Å². The van der Waals surface area contributed by atoms with Gasteiger partial charge < -0.3 is 16.0 Å². The van der Waals surface area contributed by atoms with E-state index in [2.05, 4.69) is 10.3 Å². The van der Waals surface area contributed by atoms with Crippen LogP contribution in [0.4, 0.5) is 37.7 Å². The van der Waals surface area contributed by atoms with Crippen LogP contribution in [0.5, 0.6) is 0 Å². The molecule has 0 bridgehead atoms. The zero-order valence-corrected chi connectivity index (χ0v) is 17.8. The number of Topliss-reactive ketones (excluding diaryl/α,β-unsaturated/α-hetero) is 1. The lowest BCUT2D eigenvalue weighted by molar-refractivity contribution is -0.150. The third-order valence-electron chi connectivity index (χ3n) is 6.04. The number of alkyl halides is 6. The molecule has 1 aliphatic carbocycles. The minimum Gasteiger partial charge on any atom is -0.382 e. The summed E-state index contributed by atoms with van der Waals surface area (Å²) in [5.74, 6) is -2.41. The maximum Gasteiger partial charge on any atom is 0.433 e. The predicted molar refractivity (Wildman–Crippen MR) is 111 cm³/mol. The average molecular weight is 500 g/mol. The van der Waals surface area contributed by atoms with Gasteiger partial charge in [0.15, 0.2) is 0 Å². The normalized spacial score (nSPS) is 20.7. The SMILES string of the molecule is NC(=O)c1cccc2c1N(C1CCC(Nc3cc(C(F)(F)F)nc(C(F)(F)F)c3)CC1)C(=O)C2=O. The molecule has 0 atom stereocenters. The summed E-state index contributed by atoms with van der Waals surface area (Å²) in [6.45, 7) is 0. The lowest BCUT2D eigenvalue weighted by Crippen LogP contribution is -2.44. The van der Waals surface area contributed by atoms with Crippen molar-refractivity contribution < 1.29 is 40.7 Å². The van der Waals surface area contributed by atoms with Crippen LogP contribution in [0.1, 0.15) is 57.8 Å². The zero-order valence-electron chi connectivity index (χ0n) is 17.8. The van der Waals surface area contributed by atoms with Gasteiger partial charge in [0.1, 0.15) is 11.4 Å². The second-order valence-electron chi connectivity index (χ2n) is 8.34. The van der Waals surface area contributed by atoms with E-state index in [0.717, 1.165) is 0 Å². The minimum atomic E-state index is -5.07. The number of aromatic nitrogens is 1. The highest BCUT2D eigenvalue weighted by molar-refractivity contribution is 6.53. The molecule has 13 heteroatoms. The monoisotopic (exact) mass is 500 g/mol. The molecule has 2 amide bonds. The van der Waals surface area contributed by atoms with Crippen LogP contribution < -0.4 is 16.0 Å². The maximum atomic E-state index is 13.1. The second-order valence-corrected chi connectivity index (χ2v) is 8.34. The Bertz CT molecular complexity index is 1170. The van der Waals surface area contributed by atoms with Gasteiger partial charge in [0.05, 0.1) is 16.8 Å². The number of nitrogens with zero attached hydrogens (tertiary/aromatic N) is 2. The highest BCUT2D eigenvalue weighted by atomic mass is 19.4. The van der Waals surface area contributed by atoms with Gasteiger partial charge in [0, 0.05) is 17.8 Å². The summed E-state index contributed by atoms with van der Waals surface area (Å²) in [5.41, 5.74) is 1.89. The summed E-state index contributed by atoms with van der Waals surface area (Å²) in [4.78, 5) is 40.8. The van der Waals surface area contributed by atoms with Crippen molar-refractivity contribution >= 4 is 29.0 Å². The smallest absolute Gasteiger partial charge is 0.382 e. The van der Waals surface area contributed by atoms with E-state index in [0.29, 0.717) is 12.1 Å². The largest absolute Gasteiger partial charge is 0.433 e. The van der Waals surface area contributed by atoms with Crippen molar-refractivity contribution in [3.63, 3.8) is 0 Å². The van der Waals surface area contributed by atoms with Gasteiger partial charge in [0.25, 0.3) is 17.6 Å². The lowest BCUT2D eigenvalue weighted by Gasteiger charge is -2.35. The molecule has 2 aliphatic rings. The van der Waals surface area contributed by atoms with Crippen LogP contribution in [-0.4, -0.2) is 34.7 Å². The molecular weight excluding hydrogens is 482 g/mol. The number of benzene rings is 1. The average Bonchev–Trinajstić information content (AvgIpc) is 3.03. The summed E-state index contributed by atoms with van der Waals surface area (Å²) in [7, 11) is 0. The minimum absolute atomic E-state index is 0.0121. The first kappa shape index (κ1) is 24.5. The van der Waals surface area contributed by atoms with E-state index < -0.39 is 53.4 Å². The van der Waals surface area contributed by atoms with E-state index in [1.54, 1.807) is 0 Å². The summed E-state index contributed by atoms with van der Waals surface area (Å²) in [6.07, 6.45) is -9.00. The Hall–Kier alpha value is -3.64. The van der Waals surface area contributed by atoms with Crippen molar-refractivity contribution in [2.45, 2.75) is 50.1 Å². The van der Waals surface area contributed by atoms with E-state index in [9.17, 15) is 40.7 Å². The highest BCUT2D eigenvalue weighted by Crippen LogP contribution is 2.39. The molecule has 186 valence electrons. The van der Waals surface area contributed by atoms with Crippen molar-refractivity contribution in [2.24, 2.45) is 5.73 Å². The van der Waals surface area contributed by atoms with Gasteiger partial charge in [-0.25, -0.2) is 4.98 Å². The molecule has 0 saturated heterocycles. The number of nitrogens with two attached hydrogens (primary N) is 1. The topological polar surface area (TPSA) is 105 Å². The van der Waals surface area contributed by atoms with Gasteiger partial charge in [0.2, 0.25) is 0 Å². The summed E-state index contributed by atoms with van der Waals surface area (Å²) in [6, 6.07) is 4.28. The quantitative estimate of drug-likeness (QED) is 0.484. The number of carbonyl (C=O) groups excluding carboxylic acids is 3. The number of anilines is 2. The zero-order chi connectivity index (χ0) is 25.7. The Kier molecular flexibility index (Phi) is 5.97. The Morgan fingerprint density at radius 2 is 1.54 bits per heavy atom. The third kappa shape index (κ3) is 4.66. The molecule has 2 heterocycles. The van der Waals surface area contributed by atoms with Crippen molar-refractivity contribution in [3.05, 3.63) is 52.8 Å². The number of amides is 2. The lowest BCUT2D eigenvalue weighted by atomic mass is 9.89. The van der Waals surface area contributed by atoms with Crippen LogP contribution in [0.2, 0.25) is 0 Å². The molecular formula is C22H18F6N4O3. The number of halogens is 6. The van der Waals surface area contributed by atoms with E-state index >= 15 is 0 Å². The molecule has 1 aliphatic heterocycles. The maximum absolute atomic E-state index is 13.1. The fourth-order valence-electron chi connectivity index (χ4n) is 4.48. The molecule has 4 rings (SSSR count). The van der Waals surface area contributed by atoms with Gasteiger partial charge >= 0.3 is 12.4 Å². The predicted octanol–water partition coefficient (Wildman–Crippen LogP) is 4.17. The van der Waals surface area contributed by atoms with Crippen LogP contribution in [0.25, 0.3) is 0 Å². The number of ketones is 1. The van der Waals surface area contributed by atoms with Gasteiger partial charge in [-0.2, -0.15) is 26.3 Å². The van der Waals surface area contributed by atoms with Crippen LogP contribution in [0.15, 0.2) is 30.3 Å². The Balaban J connectivity index is 1.53. The second kappa shape index (κ2) is 8.54. The molecule has 1 fully saturated rings. The van der Waals surface area contributed by atoms with E-state index in [1.807, 2.05) is 0 Å². The molecule has 0 radical (unpaired) electrons. The highest BCUT2D eigenvalue weighted by Gasteiger charge is 2.43. The molecule has 1 saturated carbocycles. The molecule has 1 aromatic heterocycles. The molecule has 0 unspecified atom stereocenters. The van der Waals surface area contributed by atoms with Crippen molar-refractivity contribution in [1.82, 2.24) is 4.98 Å². The van der Waals surface area contributed by atoms with Crippen molar-refractivity contribution in [2.75, 3.05) is 10.2 Å². The molecule has 7 nitrogen and oxygen atoms in total. The third-order valence-corrected chi connectivity index (χ3v) is 6.04. The first-order valence-corrected chi connectivity index (χ1v) is 10.5. The number of nitrogens with one attached hydrogen (secondary N) is 1. The van der Waals surface area contributed by atoms with E-state index in [1.165, 1.54) is 23.1 Å². The molecule has 3 N–H and O–H groups in total. The standard InChI is InChI=1S/C22H18F6N4O3/c23-21(24,25)15-8-11(9-16(31-15)22(26,27)28)30-10-4-6-12(7-5-10)32-17-13(18(33)20(32)35)2-1-3-14(17)19(29)34/h1-3,8-10,12H,4-7H2,(H2,29,34)(H,30,31). The molecule has 1 aromatic carbocycles. The summed E-state index contributed by atoms with van der Waals surface area (Å²) < 4.78 is 78.4. The number of fused-ring (bicyclic) bond motifs is 1. The molecule has 35 heavy (non-hydrogen) atoms. The summed E-state index contributed by atoms with van der Waals surface area (Å²) in [5, 5.41) is 2.70. The summed E-state index contributed by atoms with van der Waals surface area (Å²) >= 11 is 0. The number of pyridine rings is 1. The van der Waals surface area contributed by atoms with E-state index in [4.69, 9.17) is 5.73 Å². The van der Waals surface area contributed by atoms with Gasteiger partial charge in [-0.15, -0.1) is 0 Å². The Labute approximate surface area is 194 Å². The first-order chi connectivity index (χ1) is 16.3. The number of carbonyl (C=O) groups is 3. The number of rotatable bonds is 4. The van der Waals surface area contributed by atoms with Crippen LogP contribution in [0.3, 0.4) is 0 Å². The van der Waals surface area contributed by atoms with Gasteiger partial charge in [-0.3, -0.25) is 14.4 Å². The number of primary amides is 1. The van der Waals surface area contributed by atoms with Crippen LogP contribution in [-0.2, 0) is 17.1 Å². The number of para-hydroxylation sites is 1. The molecule has 2 aromatic rings. The fourth-order valence-corrected chi connectivity index (χ4v) is 4.48. The van der Waals surface area contributed by atoms with Gasteiger partial charge in [-0.1, -0.05) is 6.07 Å². The Morgan fingerprint density at radius 3 is 2.06 bits per heavy atom. The molecule has 0 spiro atoms. The fraction of sp³-hybridized carbons (Fsp3) is 0.364.